The van der Waals surface area contributed by atoms with Gasteiger partial charge < -0.3 is 15.0 Å². The first kappa shape index (κ1) is 23.8. The molecule has 3 aromatic rings. The molecule has 0 spiro atoms. The van der Waals surface area contributed by atoms with E-state index in [9.17, 15) is 10.1 Å². The predicted molar refractivity (Wildman–Crippen MR) is 135 cm³/mol. The van der Waals surface area contributed by atoms with Crippen molar-refractivity contribution in [2.75, 3.05) is 23.8 Å². The molecule has 0 unspecified atom stereocenters. The molecule has 35 heavy (non-hydrogen) atoms. The van der Waals surface area contributed by atoms with Gasteiger partial charge in [-0.1, -0.05) is 18.9 Å². The van der Waals surface area contributed by atoms with Gasteiger partial charge in [-0.3, -0.25) is 4.79 Å². The molecular weight excluding hydrogens is 438 g/mol. The van der Waals surface area contributed by atoms with Gasteiger partial charge in [-0.2, -0.15) is 10.5 Å². The first-order valence-corrected chi connectivity index (χ1v) is 11.7. The third kappa shape index (κ3) is 5.59. The zero-order valence-electron chi connectivity index (χ0n) is 19.9. The molecule has 1 aliphatic rings. The molecule has 176 valence electrons. The Kier molecular flexibility index (Phi) is 7.28. The van der Waals surface area contributed by atoms with Gasteiger partial charge in [0.25, 0.3) is 0 Å². The van der Waals surface area contributed by atoms with Crippen molar-refractivity contribution < 1.29 is 9.53 Å². The minimum absolute atomic E-state index is 0.0744. The topological polar surface area (TPSA) is 102 Å². The molecule has 0 atom stereocenters. The summed E-state index contributed by atoms with van der Waals surface area (Å²) in [5.41, 5.74) is 3.90. The van der Waals surface area contributed by atoms with Gasteiger partial charge in [0.15, 0.2) is 0 Å². The van der Waals surface area contributed by atoms with Crippen molar-refractivity contribution in [3.63, 3.8) is 0 Å². The Balaban J connectivity index is 1.68. The Bertz CT molecular complexity index is 1320. The number of amides is 1. The van der Waals surface area contributed by atoms with E-state index in [1.807, 2.05) is 24.3 Å². The molecule has 1 heterocycles. The number of pyridine rings is 1. The van der Waals surface area contributed by atoms with Crippen LogP contribution in [0.5, 0.6) is 11.5 Å². The van der Waals surface area contributed by atoms with Gasteiger partial charge in [0.05, 0.1) is 23.0 Å². The normalized spacial score (nSPS) is 13.0. The first-order chi connectivity index (χ1) is 17.0. The number of carbonyl (C=O) groups is 1. The molecule has 2 aromatic carbocycles. The number of anilines is 2. The molecule has 1 N–H and O–H groups in total. The Morgan fingerprint density at radius 2 is 1.86 bits per heavy atom. The lowest BCUT2D eigenvalue weighted by Gasteiger charge is -2.22. The molecule has 1 saturated carbocycles. The maximum absolute atomic E-state index is 12.2. The summed E-state index contributed by atoms with van der Waals surface area (Å²) in [6.07, 6.45) is 6.53. The highest BCUT2D eigenvalue weighted by Gasteiger charge is 2.18. The minimum atomic E-state index is -0.0744. The Labute approximate surface area is 205 Å². The molecule has 1 aromatic heterocycles. The van der Waals surface area contributed by atoms with Crippen molar-refractivity contribution in [1.82, 2.24) is 4.98 Å². The summed E-state index contributed by atoms with van der Waals surface area (Å²) < 4.78 is 5.94. The fourth-order valence-corrected chi connectivity index (χ4v) is 4.36. The molecule has 1 amide bonds. The molecule has 4 rings (SSSR count). The van der Waals surface area contributed by atoms with E-state index in [2.05, 4.69) is 16.4 Å². The van der Waals surface area contributed by atoms with E-state index < -0.39 is 0 Å². The highest BCUT2D eigenvalue weighted by molar-refractivity contribution is 5.96. The first-order valence-electron chi connectivity index (χ1n) is 11.7. The van der Waals surface area contributed by atoms with E-state index in [0.717, 1.165) is 23.5 Å². The summed E-state index contributed by atoms with van der Waals surface area (Å²) in [6, 6.07) is 18.5. The SMILES string of the molecule is CC(=O)N(C)c1cc(-c2cc(Oc3ccnc(C#N)c3)ccc2C#N)ccc1NCC1CCCC1. The van der Waals surface area contributed by atoms with Crippen LogP contribution in [0, 0.1) is 28.6 Å². The monoisotopic (exact) mass is 465 g/mol. The molecular formula is C28H27N5O2. The van der Waals surface area contributed by atoms with Crippen LogP contribution in [-0.2, 0) is 4.79 Å². The van der Waals surface area contributed by atoms with Crippen LogP contribution < -0.4 is 15.0 Å². The number of nitrogens with zero attached hydrogens (tertiary/aromatic N) is 4. The van der Waals surface area contributed by atoms with Crippen LogP contribution in [0.15, 0.2) is 54.7 Å². The zero-order chi connectivity index (χ0) is 24.8. The summed E-state index contributed by atoms with van der Waals surface area (Å²) in [7, 11) is 1.75. The van der Waals surface area contributed by atoms with Crippen molar-refractivity contribution >= 4 is 17.3 Å². The second-order valence-corrected chi connectivity index (χ2v) is 8.75. The summed E-state index contributed by atoms with van der Waals surface area (Å²) in [6.45, 7) is 2.41. The number of carbonyl (C=O) groups excluding carboxylic acids is 1. The van der Waals surface area contributed by atoms with Crippen molar-refractivity contribution in [2.45, 2.75) is 32.6 Å². The third-order valence-corrected chi connectivity index (χ3v) is 6.39. The summed E-state index contributed by atoms with van der Waals surface area (Å²) >= 11 is 0. The number of rotatable bonds is 7. The van der Waals surface area contributed by atoms with Crippen LogP contribution in [0.25, 0.3) is 11.1 Å². The summed E-state index contributed by atoms with van der Waals surface area (Å²) in [4.78, 5) is 17.8. The number of nitrogens with one attached hydrogen (secondary N) is 1. The number of ether oxygens (including phenoxy) is 1. The Morgan fingerprint density at radius 3 is 2.57 bits per heavy atom. The summed E-state index contributed by atoms with van der Waals surface area (Å²) in [5.74, 6) is 1.59. The smallest absolute Gasteiger partial charge is 0.223 e. The minimum Gasteiger partial charge on any atom is -0.457 e. The van der Waals surface area contributed by atoms with E-state index in [-0.39, 0.29) is 11.6 Å². The number of aromatic nitrogens is 1. The highest BCUT2D eigenvalue weighted by Crippen LogP contribution is 2.36. The van der Waals surface area contributed by atoms with E-state index in [1.165, 1.54) is 38.8 Å². The molecule has 0 bridgehead atoms. The maximum Gasteiger partial charge on any atom is 0.223 e. The maximum atomic E-state index is 12.2. The average molecular weight is 466 g/mol. The lowest BCUT2D eigenvalue weighted by Crippen LogP contribution is -2.24. The molecule has 0 radical (unpaired) electrons. The average Bonchev–Trinajstić information content (AvgIpc) is 3.41. The zero-order valence-corrected chi connectivity index (χ0v) is 19.9. The van der Waals surface area contributed by atoms with Crippen molar-refractivity contribution in [3.05, 3.63) is 66.0 Å². The number of nitriles is 2. The second-order valence-electron chi connectivity index (χ2n) is 8.75. The summed E-state index contributed by atoms with van der Waals surface area (Å²) in [5, 5.41) is 22.4. The third-order valence-electron chi connectivity index (χ3n) is 6.39. The molecule has 1 aliphatic carbocycles. The van der Waals surface area contributed by atoms with Crippen LogP contribution in [0.4, 0.5) is 11.4 Å². The van der Waals surface area contributed by atoms with E-state index in [0.29, 0.717) is 28.5 Å². The Hall–Kier alpha value is -4.36. The van der Waals surface area contributed by atoms with Crippen molar-refractivity contribution in [3.8, 4) is 34.8 Å². The lowest BCUT2D eigenvalue weighted by atomic mass is 9.98. The molecule has 0 saturated heterocycles. The number of hydrogen-bond acceptors (Lipinski definition) is 6. The largest absolute Gasteiger partial charge is 0.457 e. The van der Waals surface area contributed by atoms with E-state index in [1.54, 1.807) is 42.3 Å². The standard InChI is InChI=1S/C28H27N5O2/c1-19(34)33(2)28-13-21(8-10-27(28)32-18-20-5-3-4-6-20)26-15-24(9-7-22(26)16-29)35-25-11-12-31-23(14-25)17-30/h7-15,20,32H,3-6,18H2,1-2H3. The number of hydrogen-bond donors (Lipinski definition) is 1. The number of benzene rings is 2. The molecule has 1 fully saturated rings. The molecule has 7 heteroatoms. The highest BCUT2D eigenvalue weighted by atomic mass is 16.5. The van der Waals surface area contributed by atoms with Crippen LogP contribution >= 0.6 is 0 Å². The quantitative estimate of drug-likeness (QED) is 0.468. The van der Waals surface area contributed by atoms with Gasteiger partial charge in [0.1, 0.15) is 23.3 Å². The fourth-order valence-electron chi connectivity index (χ4n) is 4.36. The van der Waals surface area contributed by atoms with Gasteiger partial charge in [-0.25, -0.2) is 4.98 Å². The Morgan fingerprint density at radius 1 is 1.09 bits per heavy atom. The van der Waals surface area contributed by atoms with Crippen molar-refractivity contribution in [1.29, 1.82) is 10.5 Å². The predicted octanol–water partition coefficient (Wildman–Crippen LogP) is 5.87. The van der Waals surface area contributed by atoms with Crippen LogP contribution in [0.3, 0.4) is 0 Å². The molecule has 7 nitrogen and oxygen atoms in total. The van der Waals surface area contributed by atoms with Gasteiger partial charge in [-0.15, -0.1) is 0 Å². The van der Waals surface area contributed by atoms with Crippen molar-refractivity contribution in [2.24, 2.45) is 5.92 Å². The van der Waals surface area contributed by atoms with E-state index >= 15 is 0 Å². The van der Waals surface area contributed by atoms with Gasteiger partial charge >= 0.3 is 0 Å². The second kappa shape index (κ2) is 10.7. The van der Waals surface area contributed by atoms with Crippen LogP contribution in [0.2, 0.25) is 0 Å². The van der Waals surface area contributed by atoms with Gasteiger partial charge in [-0.05, 0) is 60.7 Å². The fraction of sp³-hybridized carbons (Fsp3) is 0.286. The van der Waals surface area contributed by atoms with Crippen LogP contribution in [-0.4, -0.2) is 24.5 Å². The molecule has 0 aliphatic heterocycles. The van der Waals surface area contributed by atoms with Gasteiger partial charge in [0, 0.05) is 38.3 Å². The van der Waals surface area contributed by atoms with E-state index in [4.69, 9.17) is 10.00 Å². The van der Waals surface area contributed by atoms with Crippen LogP contribution in [0.1, 0.15) is 43.9 Å². The lowest BCUT2D eigenvalue weighted by molar-refractivity contribution is -0.116. The van der Waals surface area contributed by atoms with Gasteiger partial charge in [0.2, 0.25) is 5.91 Å².